The molecule has 33 heavy (non-hydrogen) atoms. The SMILES string of the molecule is CCCCCN(Cc1ccc(-c2ccccc2-c2nsc(=O)[nH]2)cc1)c1sccc1C(=O)O. The third kappa shape index (κ3) is 5.40. The van der Waals surface area contributed by atoms with Crippen molar-refractivity contribution in [2.45, 2.75) is 32.7 Å². The number of thiophene rings is 1. The average molecular weight is 480 g/mol. The van der Waals surface area contributed by atoms with E-state index in [1.54, 1.807) is 6.07 Å². The van der Waals surface area contributed by atoms with Gasteiger partial charge in [-0.25, -0.2) is 4.79 Å². The number of benzene rings is 2. The molecule has 0 unspecified atom stereocenters. The Morgan fingerprint density at radius 3 is 2.48 bits per heavy atom. The maximum absolute atomic E-state index is 11.7. The van der Waals surface area contributed by atoms with Crippen LogP contribution >= 0.6 is 22.9 Å². The molecule has 0 radical (unpaired) electrons. The van der Waals surface area contributed by atoms with Gasteiger partial charge in [0, 0.05) is 30.2 Å². The molecular weight excluding hydrogens is 454 g/mol. The standard InChI is InChI=1S/C25H25N3O3S2/c1-2-3-6-14-28(23-21(24(29)30)13-15-32-23)16-17-9-11-18(12-10-17)19-7-4-5-8-20(19)22-26-25(31)33-27-22/h4-5,7-13,15H,2-3,6,14,16H2,1H3,(H,29,30)(H,26,27,31). The summed E-state index contributed by atoms with van der Waals surface area (Å²) in [6.07, 6.45) is 3.24. The van der Waals surface area contributed by atoms with Gasteiger partial charge in [0.05, 0.1) is 5.56 Å². The molecule has 4 aromatic rings. The van der Waals surface area contributed by atoms with Crippen LogP contribution in [0.2, 0.25) is 0 Å². The number of anilines is 1. The minimum Gasteiger partial charge on any atom is -0.478 e. The number of aromatic nitrogens is 2. The van der Waals surface area contributed by atoms with Gasteiger partial charge in [0.2, 0.25) is 0 Å². The van der Waals surface area contributed by atoms with E-state index in [0.717, 1.165) is 64.6 Å². The topological polar surface area (TPSA) is 86.3 Å². The number of nitrogens with one attached hydrogen (secondary N) is 1. The van der Waals surface area contributed by atoms with Gasteiger partial charge in [-0.2, -0.15) is 4.37 Å². The van der Waals surface area contributed by atoms with Crippen LogP contribution in [0.3, 0.4) is 0 Å². The lowest BCUT2D eigenvalue weighted by atomic mass is 9.98. The Labute approximate surface area is 200 Å². The first-order valence-electron chi connectivity index (χ1n) is 10.9. The zero-order chi connectivity index (χ0) is 23.2. The first-order chi connectivity index (χ1) is 16.1. The van der Waals surface area contributed by atoms with Crippen LogP contribution in [0.25, 0.3) is 22.5 Å². The number of hydrogen-bond acceptors (Lipinski definition) is 6. The van der Waals surface area contributed by atoms with Gasteiger partial charge in [-0.15, -0.1) is 11.3 Å². The Hall–Kier alpha value is -3.23. The number of rotatable bonds is 10. The number of carboxylic acid groups (broad SMARTS) is 1. The Bertz CT molecular complexity index is 1270. The quantitative estimate of drug-likeness (QED) is 0.268. The molecular formula is C25H25N3O3S2. The van der Waals surface area contributed by atoms with Crippen LogP contribution in [0, 0.1) is 0 Å². The lowest BCUT2D eigenvalue weighted by Gasteiger charge is -2.24. The van der Waals surface area contributed by atoms with Gasteiger partial charge in [-0.1, -0.05) is 68.3 Å². The zero-order valence-electron chi connectivity index (χ0n) is 18.3. The van der Waals surface area contributed by atoms with Crippen molar-refractivity contribution in [3.05, 3.63) is 80.8 Å². The zero-order valence-corrected chi connectivity index (χ0v) is 19.9. The molecule has 4 rings (SSSR count). The molecule has 6 nitrogen and oxygen atoms in total. The first kappa shape index (κ1) is 22.9. The van der Waals surface area contributed by atoms with Crippen molar-refractivity contribution >= 4 is 33.8 Å². The molecule has 0 atom stereocenters. The van der Waals surface area contributed by atoms with E-state index in [9.17, 15) is 14.7 Å². The van der Waals surface area contributed by atoms with Gasteiger partial charge >= 0.3 is 10.8 Å². The van der Waals surface area contributed by atoms with Gasteiger partial charge in [0.15, 0.2) is 5.82 Å². The molecule has 170 valence electrons. The number of H-pyrrole nitrogens is 1. The molecule has 0 bridgehead atoms. The van der Waals surface area contributed by atoms with Crippen molar-refractivity contribution < 1.29 is 9.90 Å². The number of nitrogens with zero attached hydrogens (tertiary/aromatic N) is 2. The first-order valence-corrected chi connectivity index (χ1v) is 12.5. The summed E-state index contributed by atoms with van der Waals surface area (Å²) in [6.45, 7) is 3.62. The van der Waals surface area contributed by atoms with Gasteiger partial charge in [0.1, 0.15) is 5.00 Å². The number of carbonyl (C=O) groups is 1. The van der Waals surface area contributed by atoms with Crippen molar-refractivity contribution in [2.24, 2.45) is 0 Å². The molecule has 0 amide bonds. The third-order valence-corrected chi connectivity index (χ3v) is 6.97. The van der Waals surface area contributed by atoms with E-state index >= 15 is 0 Å². The highest BCUT2D eigenvalue weighted by atomic mass is 32.1. The van der Waals surface area contributed by atoms with Gasteiger partial charge in [0.25, 0.3) is 0 Å². The summed E-state index contributed by atoms with van der Waals surface area (Å²) in [5.74, 6) is -0.315. The third-order valence-electron chi connectivity index (χ3n) is 5.45. The minimum atomic E-state index is -0.890. The molecule has 0 fully saturated rings. The number of hydrogen-bond donors (Lipinski definition) is 2. The van der Waals surface area contributed by atoms with Gasteiger partial charge in [-0.3, -0.25) is 9.78 Å². The van der Waals surface area contributed by atoms with Crippen LogP contribution in [0.5, 0.6) is 0 Å². The average Bonchev–Trinajstić information content (AvgIpc) is 3.48. The normalized spacial score (nSPS) is 10.9. The summed E-state index contributed by atoms with van der Waals surface area (Å²) in [7, 11) is 0. The molecule has 0 spiro atoms. The molecule has 0 saturated heterocycles. The maximum atomic E-state index is 11.7. The van der Waals surface area contributed by atoms with Crippen molar-refractivity contribution in [3.8, 4) is 22.5 Å². The van der Waals surface area contributed by atoms with E-state index < -0.39 is 5.97 Å². The largest absolute Gasteiger partial charge is 0.478 e. The number of unbranched alkanes of at least 4 members (excludes halogenated alkanes) is 2. The lowest BCUT2D eigenvalue weighted by Crippen LogP contribution is -2.24. The smallest absolute Gasteiger partial charge is 0.338 e. The number of aromatic carboxylic acids is 1. The second-order valence-electron chi connectivity index (χ2n) is 7.76. The molecule has 2 aromatic heterocycles. The van der Waals surface area contributed by atoms with Crippen LogP contribution in [0.1, 0.15) is 42.1 Å². The van der Waals surface area contributed by atoms with E-state index in [1.165, 1.54) is 11.3 Å². The number of carboxylic acids is 1. The van der Waals surface area contributed by atoms with Crippen molar-refractivity contribution in [2.75, 3.05) is 11.4 Å². The van der Waals surface area contributed by atoms with E-state index in [4.69, 9.17) is 0 Å². The van der Waals surface area contributed by atoms with Crippen LogP contribution in [-0.2, 0) is 6.54 Å². The van der Waals surface area contributed by atoms with Crippen LogP contribution in [0.15, 0.2) is 64.8 Å². The molecule has 2 aromatic carbocycles. The predicted octanol–water partition coefficient (Wildman–Crippen LogP) is 6.12. The Morgan fingerprint density at radius 2 is 1.82 bits per heavy atom. The van der Waals surface area contributed by atoms with Gasteiger partial charge in [-0.05, 0) is 34.6 Å². The lowest BCUT2D eigenvalue weighted by molar-refractivity contribution is 0.0698. The van der Waals surface area contributed by atoms with Crippen molar-refractivity contribution in [1.82, 2.24) is 9.36 Å². The summed E-state index contributed by atoms with van der Waals surface area (Å²) < 4.78 is 4.24. The monoisotopic (exact) mass is 479 g/mol. The fraction of sp³-hybridized carbons (Fsp3) is 0.240. The van der Waals surface area contributed by atoms with Crippen LogP contribution in [0.4, 0.5) is 5.00 Å². The highest BCUT2D eigenvalue weighted by Gasteiger charge is 2.18. The molecule has 0 aliphatic rings. The van der Waals surface area contributed by atoms with E-state index in [-0.39, 0.29) is 4.87 Å². The minimum absolute atomic E-state index is 0.173. The second-order valence-corrected chi connectivity index (χ2v) is 9.39. The summed E-state index contributed by atoms with van der Waals surface area (Å²) in [5.41, 5.74) is 4.38. The molecule has 8 heteroatoms. The Kier molecular flexibility index (Phi) is 7.36. The molecule has 0 aliphatic carbocycles. The van der Waals surface area contributed by atoms with Crippen molar-refractivity contribution in [3.63, 3.8) is 0 Å². The fourth-order valence-corrected chi connectivity index (χ4v) is 5.19. The predicted molar refractivity (Wildman–Crippen MR) is 135 cm³/mol. The van der Waals surface area contributed by atoms with Crippen molar-refractivity contribution in [1.29, 1.82) is 0 Å². The fourth-order valence-electron chi connectivity index (χ4n) is 3.81. The molecule has 0 aliphatic heterocycles. The molecule has 2 N–H and O–H groups in total. The van der Waals surface area contributed by atoms with E-state index in [2.05, 4.69) is 45.4 Å². The summed E-state index contributed by atoms with van der Waals surface area (Å²) in [6, 6.07) is 17.8. The van der Waals surface area contributed by atoms with Crippen LogP contribution < -0.4 is 9.77 Å². The van der Waals surface area contributed by atoms with Crippen LogP contribution in [-0.4, -0.2) is 27.0 Å². The maximum Gasteiger partial charge on any atom is 0.338 e. The summed E-state index contributed by atoms with van der Waals surface area (Å²) >= 11 is 2.39. The van der Waals surface area contributed by atoms with E-state index in [1.807, 2.05) is 29.6 Å². The Morgan fingerprint density at radius 1 is 1.06 bits per heavy atom. The Balaban J connectivity index is 1.59. The second kappa shape index (κ2) is 10.6. The summed E-state index contributed by atoms with van der Waals surface area (Å²) in [5, 5.41) is 12.2. The molecule has 0 saturated carbocycles. The highest BCUT2D eigenvalue weighted by molar-refractivity contribution is 7.14. The van der Waals surface area contributed by atoms with Gasteiger partial charge < -0.3 is 10.0 Å². The highest BCUT2D eigenvalue weighted by Crippen LogP contribution is 2.32. The number of aromatic amines is 1. The molecule has 2 heterocycles. The summed E-state index contributed by atoms with van der Waals surface area (Å²) in [4.78, 5) is 28.0. The van der Waals surface area contributed by atoms with E-state index in [0.29, 0.717) is 17.9 Å².